The molecule has 164 valence electrons. The van der Waals surface area contributed by atoms with Crippen LogP contribution in [0, 0.1) is 5.82 Å². The number of rotatable bonds is 3. The number of carbonyl (C=O) groups is 1. The van der Waals surface area contributed by atoms with Gasteiger partial charge < -0.3 is 9.64 Å². The highest BCUT2D eigenvalue weighted by molar-refractivity contribution is 7.97. The first-order valence-corrected chi connectivity index (χ1v) is 12.2. The second-order valence-corrected chi connectivity index (χ2v) is 10.5. The van der Waals surface area contributed by atoms with E-state index in [2.05, 4.69) is 4.37 Å². The van der Waals surface area contributed by atoms with Gasteiger partial charge in [0.25, 0.3) is 10.0 Å². The van der Waals surface area contributed by atoms with Gasteiger partial charge in [0.05, 0.1) is 16.4 Å². The van der Waals surface area contributed by atoms with Gasteiger partial charge in [-0.2, -0.15) is 8.68 Å². The maximum Gasteiger partial charge on any atom is 0.414 e. The van der Waals surface area contributed by atoms with Crippen molar-refractivity contribution < 1.29 is 22.3 Å². The number of fused-ring (bicyclic) bond motifs is 2. The number of nitrogens with zero attached hydrogens (tertiary/aromatic N) is 4. The lowest BCUT2D eigenvalue weighted by Crippen LogP contribution is -2.52. The molecule has 5 rings (SSSR count). The molecule has 1 saturated heterocycles. The van der Waals surface area contributed by atoms with Gasteiger partial charge in [0, 0.05) is 43.5 Å². The van der Waals surface area contributed by atoms with Crippen LogP contribution in [0.4, 0.5) is 14.9 Å². The van der Waals surface area contributed by atoms with Crippen molar-refractivity contribution in [2.24, 2.45) is 0 Å². The van der Waals surface area contributed by atoms with E-state index in [9.17, 15) is 17.6 Å². The standard InChI is InChI=1S/C20H21FN4O4S2/c1-23-7-6-18-16(11-22-30-18)19(23)31(27,28)24-8-4-15(5-9-24)25-17-3-2-14(21)10-13(17)12-29-20(25)26/h2-3,6,10-11,15H,4-5,7-9,12H2,1H3. The van der Waals surface area contributed by atoms with E-state index >= 15 is 0 Å². The Bertz CT molecular complexity index is 1270. The molecule has 31 heavy (non-hydrogen) atoms. The third-order valence-corrected chi connectivity index (χ3v) is 8.81. The topological polar surface area (TPSA) is 83.1 Å². The van der Waals surface area contributed by atoms with Gasteiger partial charge in [0.1, 0.15) is 12.4 Å². The van der Waals surface area contributed by atoms with Gasteiger partial charge in [-0.3, -0.25) is 4.90 Å². The highest BCUT2D eigenvalue weighted by Gasteiger charge is 2.39. The van der Waals surface area contributed by atoms with E-state index < -0.39 is 16.1 Å². The van der Waals surface area contributed by atoms with Crippen molar-refractivity contribution in [3.63, 3.8) is 0 Å². The van der Waals surface area contributed by atoms with Gasteiger partial charge in [0.15, 0.2) is 5.03 Å². The third kappa shape index (κ3) is 3.40. The van der Waals surface area contributed by atoms with Crippen LogP contribution in [-0.2, 0) is 21.4 Å². The molecule has 0 spiro atoms. The van der Waals surface area contributed by atoms with E-state index in [1.54, 1.807) is 24.2 Å². The summed E-state index contributed by atoms with van der Waals surface area (Å²) in [5, 5.41) is 0.909. The summed E-state index contributed by atoms with van der Waals surface area (Å²) in [6.07, 6.45) is 4.02. The fourth-order valence-corrected chi connectivity index (χ4v) is 7.00. The minimum absolute atomic E-state index is 0.0360. The number of hydrogen-bond acceptors (Lipinski definition) is 7. The number of aromatic nitrogens is 1. The Hall–Kier alpha value is -2.50. The molecule has 3 aliphatic heterocycles. The van der Waals surface area contributed by atoms with Crippen molar-refractivity contribution >= 4 is 44.4 Å². The second kappa shape index (κ2) is 7.57. The maximum absolute atomic E-state index is 13.6. The fourth-order valence-electron chi connectivity index (χ4n) is 4.42. The van der Waals surface area contributed by atoms with Gasteiger partial charge in [-0.1, -0.05) is 0 Å². The van der Waals surface area contributed by atoms with Crippen LogP contribution in [0.1, 0.15) is 18.4 Å². The molecule has 0 radical (unpaired) electrons. The van der Waals surface area contributed by atoms with Crippen LogP contribution in [-0.4, -0.2) is 60.8 Å². The number of amides is 1. The third-order valence-electron chi connectivity index (χ3n) is 5.95. The molecule has 0 atom stereocenters. The molecule has 2 aromatic rings. The van der Waals surface area contributed by atoms with Crippen molar-refractivity contribution in [3.05, 3.63) is 45.5 Å². The average molecular weight is 465 g/mol. The van der Waals surface area contributed by atoms with Crippen LogP contribution in [0.5, 0.6) is 0 Å². The number of carbonyl (C=O) groups excluding carboxylic acids is 1. The number of cyclic esters (lactones) is 1. The number of piperidine rings is 1. The zero-order chi connectivity index (χ0) is 21.8. The Balaban J connectivity index is 1.40. The molecule has 0 unspecified atom stereocenters. The Morgan fingerprint density at radius 2 is 2.03 bits per heavy atom. The minimum Gasteiger partial charge on any atom is -0.444 e. The largest absolute Gasteiger partial charge is 0.444 e. The van der Waals surface area contributed by atoms with Crippen LogP contribution in [0.3, 0.4) is 0 Å². The van der Waals surface area contributed by atoms with E-state index in [-0.39, 0.29) is 36.6 Å². The van der Waals surface area contributed by atoms with Gasteiger partial charge in [0.2, 0.25) is 0 Å². The van der Waals surface area contributed by atoms with Crippen LogP contribution >= 0.6 is 11.5 Å². The van der Waals surface area contributed by atoms with Crippen molar-refractivity contribution in [1.29, 1.82) is 0 Å². The van der Waals surface area contributed by atoms with Gasteiger partial charge in [-0.15, -0.1) is 0 Å². The summed E-state index contributed by atoms with van der Waals surface area (Å²) in [5.41, 5.74) is 1.24. The van der Waals surface area contributed by atoms with Crippen molar-refractivity contribution in [3.8, 4) is 0 Å². The molecular weight excluding hydrogens is 443 g/mol. The molecule has 1 amide bonds. The number of benzene rings is 1. The lowest BCUT2D eigenvalue weighted by Gasteiger charge is -2.40. The predicted octanol–water partition coefficient (Wildman–Crippen LogP) is 1.02. The number of sulfonamides is 1. The summed E-state index contributed by atoms with van der Waals surface area (Å²) in [7, 11) is -1.95. The molecular formula is C20H21FN4O4S2. The average Bonchev–Trinajstić information content (AvgIpc) is 3.22. The van der Waals surface area contributed by atoms with Gasteiger partial charge in [-0.05, 0) is 48.6 Å². The van der Waals surface area contributed by atoms with E-state index in [1.165, 1.54) is 32.9 Å². The first-order chi connectivity index (χ1) is 14.9. The smallest absolute Gasteiger partial charge is 0.414 e. The quantitative estimate of drug-likeness (QED) is 0.675. The number of hydrogen-bond donors (Lipinski definition) is 0. The van der Waals surface area contributed by atoms with Gasteiger partial charge >= 0.3 is 6.09 Å². The second-order valence-electron chi connectivity index (χ2n) is 7.83. The summed E-state index contributed by atoms with van der Waals surface area (Å²) in [4.78, 5) is 15.7. The summed E-state index contributed by atoms with van der Waals surface area (Å²) in [6.45, 7) is 1.10. The lowest BCUT2D eigenvalue weighted by molar-refractivity contribution is 0.135. The maximum atomic E-state index is 13.6. The van der Waals surface area contributed by atoms with Crippen LogP contribution < -0.4 is 14.7 Å². The van der Waals surface area contributed by atoms with Crippen molar-refractivity contribution in [1.82, 2.24) is 13.6 Å². The van der Waals surface area contributed by atoms with Crippen molar-refractivity contribution in [2.45, 2.75) is 25.5 Å². The van der Waals surface area contributed by atoms with Gasteiger partial charge in [-0.25, -0.2) is 17.6 Å². The Labute approximate surface area is 183 Å². The molecule has 0 aliphatic carbocycles. The molecule has 1 fully saturated rings. The molecule has 3 aliphatic rings. The first kappa shape index (κ1) is 20.4. The number of anilines is 1. The van der Waals surface area contributed by atoms with E-state index in [4.69, 9.17) is 4.74 Å². The summed E-state index contributed by atoms with van der Waals surface area (Å²) in [5.74, 6) is -0.384. The highest BCUT2D eigenvalue weighted by atomic mass is 32.2. The van der Waals surface area contributed by atoms with E-state index in [1.807, 2.05) is 6.08 Å². The van der Waals surface area contributed by atoms with E-state index in [0.717, 1.165) is 4.53 Å². The molecule has 1 aromatic carbocycles. The van der Waals surface area contributed by atoms with Crippen LogP contribution in [0.25, 0.3) is 11.1 Å². The lowest BCUT2D eigenvalue weighted by atomic mass is 10.0. The number of halogens is 1. The molecule has 1 aromatic heterocycles. The highest BCUT2D eigenvalue weighted by Crippen LogP contribution is 2.33. The Kier molecular flexibility index (Phi) is 4.98. The molecule has 4 heterocycles. The minimum atomic E-state index is -3.71. The molecule has 0 saturated carbocycles. The SMILES string of the molecule is CN1CC=c2sncc2=C1S(=O)(=O)N1CCC(N2C(=O)OCc3cc(F)ccc32)CC1. The zero-order valence-electron chi connectivity index (χ0n) is 16.8. The Morgan fingerprint density at radius 3 is 2.81 bits per heavy atom. The van der Waals surface area contributed by atoms with E-state index in [0.29, 0.717) is 35.9 Å². The Morgan fingerprint density at radius 1 is 1.26 bits per heavy atom. The summed E-state index contributed by atoms with van der Waals surface area (Å²) >= 11 is 1.29. The normalized spacial score (nSPS) is 20.2. The fraction of sp³-hybridized carbons (Fsp3) is 0.400. The molecule has 11 heteroatoms. The van der Waals surface area contributed by atoms with Crippen LogP contribution in [0.15, 0.2) is 24.4 Å². The molecule has 0 N–H and O–H groups in total. The first-order valence-electron chi connectivity index (χ1n) is 9.97. The predicted molar refractivity (Wildman–Crippen MR) is 114 cm³/mol. The molecule has 8 nitrogen and oxygen atoms in total. The summed E-state index contributed by atoms with van der Waals surface area (Å²) in [6, 6.07) is 4.06. The van der Waals surface area contributed by atoms with Crippen LogP contribution in [0.2, 0.25) is 0 Å². The number of ether oxygens (including phenoxy) is 1. The summed E-state index contributed by atoms with van der Waals surface area (Å²) < 4.78 is 52.2. The monoisotopic (exact) mass is 464 g/mol. The molecule has 0 bridgehead atoms. The zero-order valence-corrected chi connectivity index (χ0v) is 18.5. The van der Waals surface area contributed by atoms with Crippen molar-refractivity contribution in [2.75, 3.05) is 31.6 Å².